The molecule has 1 atom stereocenters. The second-order valence-corrected chi connectivity index (χ2v) is 5.83. The summed E-state index contributed by atoms with van der Waals surface area (Å²) in [4.78, 5) is 6.42. The van der Waals surface area contributed by atoms with Crippen LogP contribution in [-0.4, -0.2) is 47.8 Å². The molecule has 0 amide bonds. The van der Waals surface area contributed by atoms with Crippen molar-refractivity contribution in [3.8, 4) is 0 Å². The van der Waals surface area contributed by atoms with Crippen molar-refractivity contribution in [1.29, 1.82) is 0 Å². The lowest BCUT2D eigenvalue weighted by molar-refractivity contribution is 0.0336. The van der Waals surface area contributed by atoms with Gasteiger partial charge in [-0.25, -0.2) is 0 Å². The molecule has 4 nitrogen and oxygen atoms in total. The lowest BCUT2D eigenvalue weighted by Gasteiger charge is -2.27. The first-order valence-electron chi connectivity index (χ1n) is 6.88. The number of aliphatic hydroxyl groups is 1. The molecule has 0 aliphatic heterocycles. The van der Waals surface area contributed by atoms with E-state index in [9.17, 15) is 5.11 Å². The maximum Gasteiger partial charge on any atom is 0.0869 e. The van der Waals surface area contributed by atoms with Gasteiger partial charge < -0.3 is 15.3 Å². The van der Waals surface area contributed by atoms with E-state index in [0.717, 1.165) is 16.5 Å². The molecule has 0 aliphatic carbocycles. The van der Waals surface area contributed by atoms with Crippen LogP contribution in [0.15, 0.2) is 36.5 Å². The van der Waals surface area contributed by atoms with Gasteiger partial charge in [-0.3, -0.25) is 4.98 Å². The van der Waals surface area contributed by atoms with Crippen molar-refractivity contribution in [1.82, 2.24) is 15.2 Å². The first-order valence-corrected chi connectivity index (χ1v) is 6.88. The van der Waals surface area contributed by atoms with E-state index in [-0.39, 0.29) is 0 Å². The van der Waals surface area contributed by atoms with Crippen LogP contribution >= 0.6 is 0 Å². The molecule has 4 heteroatoms. The van der Waals surface area contributed by atoms with Crippen molar-refractivity contribution in [3.63, 3.8) is 0 Å². The Morgan fingerprint density at radius 1 is 1.25 bits per heavy atom. The fraction of sp³-hybridized carbons (Fsp3) is 0.438. The van der Waals surface area contributed by atoms with Gasteiger partial charge in [0.15, 0.2) is 0 Å². The molecule has 1 aromatic carbocycles. The van der Waals surface area contributed by atoms with Gasteiger partial charge in [-0.1, -0.05) is 24.3 Å². The third-order valence-electron chi connectivity index (χ3n) is 3.19. The SMILES string of the molecule is CN(C)CC(C)(O)CNCc1cccc2cccnc12. The molecule has 1 aromatic heterocycles. The van der Waals surface area contributed by atoms with E-state index in [0.29, 0.717) is 19.6 Å². The second-order valence-electron chi connectivity index (χ2n) is 5.83. The average molecular weight is 273 g/mol. The van der Waals surface area contributed by atoms with Gasteiger partial charge in [0.2, 0.25) is 0 Å². The minimum Gasteiger partial charge on any atom is -0.388 e. The second kappa shape index (κ2) is 6.31. The molecule has 0 aliphatic rings. The number of fused-ring (bicyclic) bond motifs is 1. The van der Waals surface area contributed by atoms with E-state index in [2.05, 4.69) is 28.5 Å². The predicted octanol–water partition coefficient (Wildman–Crippen LogP) is 1.64. The van der Waals surface area contributed by atoms with Crippen molar-refractivity contribution in [2.45, 2.75) is 19.1 Å². The number of hydrogen-bond donors (Lipinski definition) is 2. The molecule has 2 N–H and O–H groups in total. The fourth-order valence-electron chi connectivity index (χ4n) is 2.51. The Hall–Kier alpha value is -1.49. The van der Waals surface area contributed by atoms with Gasteiger partial charge in [0.25, 0.3) is 0 Å². The van der Waals surface area contributed by atoms with Crippen molar-refractivity contribution in [3.05, 3.63) is 42.1 Å². The lowest BCUT2D eigenvalue weighted by Crippen LogP contribution is -2.45. The Bertz CT molecular complexity index is 561. The van der Waals surface area contributed by atoms with E-state index < -0.39 is 5.60 Å². The fourth-order valence-corrected chi connectivity index (χ4v) is 2.51. The van der Waals surface area contributed by atoms with Crippen molar-refractivity contribution >= 4 is 10.9 Å². The topological polar surface area (TPSA) is 48.4 Å². The zero-order valence-electron chi connectivity index (χ0n) is 12.4. The minimum atomic E-state index is -0.735. The van der Waals surface area contributed by atoms with E-state index in [1.54, 1.807) is 0 Å². The van der Waals surface area contributed by atoms with Crippen LogP contribution in [0.2, 0.25) is 0 Å². The Kier molecular flexibility index (Phi) is 4.70. The quantitative estimate of drug-likeness (QED) is 0.840. The monoisotopic (exact) mass is 273 g/mol. The Balaban J connectivity index is 2.00. The number of aromatic nitrogens is 1. The molecule has 20 heavy (non-hydrogen) atoms. The summed E-state index contributed by atoms with van der Waals surface area (Å²) in [6, 6.07) is 10.2. The minimum absolute atomic E-state index is 0.550. The molecule has 1 heterocycles. The first kappa shape index (κ1) is 14.9. The maximum absolute atomic E-state index is 10.3. The van der Waals surface area contributed by atoms with Crippen LogP contribution in [-0.2, 0) is 6.54 Å². The predicted molar refractivity (Wildman–Crippen MR) is 82.6 cm³/mol. The van der Waals surface area contributed by atoms with Gasteiger partial charge in [-0.15, -0.1) is 0 Å². The summed E-state index contributed by atoms with van der Waals surface area (Å²) in [6.45, 7) is 3.74. The molecule has 0 spiro atoms. The summed E-state index contributed by atoms with van der Waals surface area (Å²) >= 11 is 0. The highest BCUT2D eigenvalue weighted by molar-refractivity contribution is 5.81. The number of pyridine rings is 1. The van der Waals surface area contributed by atoms with Gasteiger partial charge in [-0.2, -0.15) is 0 Å². The summed E-state index contributed by atoms with van der Waals surface area (Å²) in [5.41, 5.74) is 1.44. The number of benzene rings is 1. The molecule has 0 saturated heterocycles. The summed E-state index contributed by atoms with van der Waals surface area (Å²) < 4.78 is 0. The molecule has 2 aromatic rings. The third kappa shape index (κ3) is 4.00. The standard InChI is InChI=1S/C16H23N3O/c1-16(20,12-19(2)3)11-17-10-14-7-4-6-13-8-5-9-18-15(13)14/h4-9,17,20H,10-12H2,1-3H3. The van der Waals surface area contributed by atoms with Gasteiger partial charge in [0.1, 0.15) is 0 Å². The van der Waals surface area contributed by atoms with Crippen LogP contribution in [0.5, 0.6) is 0 Å². The number of nitrogens with one attached hydrogen (secondary N) is 1. The Morgan fingerprint density at radius 3 is 2.75 bits per heavy atom. The molecule has 108 valence electrons. The largest absolute Gasteiger partial charge is 0.388 e. The van der Waals surface area contributed by atoms with Gasteiger partial charge >= 0.3 is 0 Å². The molecular formula is C16H23N3O. The smallest absolute Gasteiger partial charge is 0.0869 e. The summed E-state index contributed by atoms with van der Waals surface area (Å²) in [7, 11) is 3.92. The summed E-state index contributed by atoms with van der Waals surface area (Å²) in [5, 5.41) is 14.7. The van der Waals surface area contributed by atoms with E-state index in [4.69, 9.17) is 0 Å². The van der Waals surface area contributed by atoms with Crippen LogP contribution < -0.4 is 5.32 Å². The van der Waals surface area contributed by atoms with Crippen LogP contribution in [0.3, 0.4) is 0 Å². The van der Waals surface area contributed by atoms with Gasteiger partial charge in [0.05, 0.1) is 11.1 Å². The molecular weight excluding hydrogens is 250 g/mol. The molecule has 1 unspecified atom stereocenters. The Morgan fingerprint density at radius 2 is 2.00 bits per heavy atom. The van der Waals surface area contributed by atoms with Crippen LogP contribution in [0, 0.1) is 0 Å². The highest BCUT2D eigenvalue weighted by Gasteiger charge is 2.20. The van der Waals surface area contributed by atoms with Crippen LogP contribution in [0.4, 0.5) is 0 Å². The number of likely N-dealkylation sites (N-methyl/N-ethyl adjacent to an activating group) is 1. The van der Waals surface area contributed by atoms with Gasteiger partial charge in [-0.05, 0) is 32.6 Å². The van der Waals surface area contributed by atoms with Crippen LogP contribution in [0.25, 0.3) is 10.9 Å². The molecule has 2 rings (SSSR count). The highest BCUT2D eigenvalue weighted by atomic mass is 16.3. The maximum atomic E-state index is 10.3. The lowest BCUT2D eigenvalue weighted by atomic mass is 10.1. The van der Waals surface area contributed by atoms with E-state index in [1.165, 1.54) is 0 Å². The molecule has 0 bridgehead atoms. The molecule has 0 fully saturated rings. The molecule has 0 radical (unpaired) electrons. The summed E-state index contributed by atoms with van der Waals surface area (Å²) in [5.74, 6) is 0. The van der Waals surface area contributed by atoms with E-state index >= 15 is 0 Å². The number of hydrogen-bond acceptors (Lipinski definition) is 4. The number of rotatable bonds is 6. The third-order valence-corrected chi connectivity index (χ3v) is 3.19. The van der Waals surface area contributed by atoms with Crippen molar-refractivity contribution in [2.75, 3.05) is 27.2 Å². The van der Waals surface area contributed by atoms with Gasteiger partial charge in [0, 0.05) is 31.2 Å². The Labute approximate surface area is 120 Å². The number of para-hydroxylation sites is 1. The van der Waals surface area contributed by atoms with Crippen molar-refractivity contribution < 1.29 is 5.11 Å². The van der Waals surface area contributed by atoms with Crippen LogP contribution in [0.1, 0.15) is 12.5 Å². The highest BCUT2D eigenvalue weighted by Crippen LogP contribution is 2.15. The van der Waals surface area contributed by atoms with Crippen molar-refractivity contribution in [2.24, 2.45) is 0 Å². The zero-order chi connectivity index (χ0) is 14.6. The average Bonchev–Trinajstić information content (AvgIpc) is 2.37. The normalized spacial score (nSPS) is 14.7. The first-order chi connectivity index (χ1) is 9.48. The zero-order valence-corrected chi connectivity index (χ0v) is 12.4. The summed E-state index contributed by atoms with van der Waals surface area (Å²) in [6.07, 6.45) is 1.81. The number of nitrogens with zero attached hydrogens (tertiary/aromatic N) is 2. The molecule has 0 saturated carbocycles. The van der Waals surface area contributed by atoms with E-state index in [1.807, 2.05) is 44.2 Å².